The van der Waals surface area contributed by atoms with Crippen molar-refractivity contribution in [3.63, 3.8) is 0 Å². The average molecular weight is 363 g/mol. The predicted octanol–water partition coefficient (Wildman–Crippen LogP) is 9.80. The van der Waals surface area contributed by atoms with Gasteiger partial charge in [0.05, 0.1) is 0 Å². The van der Waals surface area contributed by atoms with Gasteiger partial charge in [0, 0.05) is 0 Å². The van der Waals surface area contributed by atoms with Crippen LogP contribution in [0.5, 0.6) is 0 Å². The van der Waals surface area contributed by atoms with Crippen LogP contribution in [-0.2, 0) is 0 Å². The molecule has 26 heavy (non-hydrogen) atoms. The van der Waals surface area contributed by atoms with Crippen LogP contribution in [0.2, 0.25) is 0 Å². The van der Waals surface area contributed by atoms with Gasteiger partial charge in [0.2, 0.25) is 0 Å². The Bertz CT molecular complexity index is 299. The lowest BCUT2D eigenvalue weighted by Gasteiger charge is -2.08. The third-order valence-electron chi connectivity index (χ3n) is 5.37. The number of unbranched alkanes of at least 4 members (excludes halogenated alkanes) is 14. The zero-order valence-corrected chi connectivity index (χ0v) is 18.6. The summed E-state index contributed by atoms with van der Waals surface area (Å²) in [6.07, 6.45) is 34.8. The van der Waals surface area contributed by atoms with Gasteiger partial charge in [0.15, 0.2) is 0 Å². The van der Waals surface area contributed by atoms with Gasteiger partial charge >= 0.3 is 0 Å². The molecule has 0 aliphatic rings. The molecule has 0 aromatic rings. The number of allylic oxidation sites excluding steroid dienone is 4. The Morgan fingerprint density at radius 1 is 0.500 bits per heavy atom. The maximum absolute atomic E-state index is 2.49. The number of hydrogen-bond donors (Lipinski definition) is 0. The Morgan fingerprint density at radius 3 is 1.50 bits per heavy atom. The number of rotatable bonds is 20. The highest BCUT2D eigenvalue weighted by Crippen LogP contribution is 2.16. The van der Waals surface area contributed by atoms with Crippen LogP contribution in [0.1, 0.15) is 136 Å². The van der Waals surface area contributed by atoms with Crippen LogP contribution >= 0.6 is 0 Å². The lowest BCUT2D eigenvalue weighted by molar-refractivity contribution is 0.559. The highest BCUT2D eigenvalue weighted by atomic mass is 14.1. The van der Waals surface area contributed by atoms with E-state index in [1.807, 2.05) is 0 Å². The van der Waals surface area contributed by atoms with Gasteiger partial charge in [-0.3, -0.25) is 0 Å². The first-order valence-electron chi connectivity index (χ1n) is 12.2. The summed E-state index contributed by atoms with van der Waals surface area (Å²) in [5.74, 6) is 0.680. The first-order valence-corrected chi connectivity index (χ1v) is 12.2. The summed E-state index contributed by atoms with van der Waals surface area (Å²) in [4.78, 5) is 0. The Morgan fingerprint density at radius 2 is 0.962 bits per heavy atom. The SMILES string of the molecule is CCC=CC(C=CCCCCCCCCCCC)CCCCCCCC. The van der Waals surface area contributed by atoms with Crippen LogP contribution in [0.3, 0.4) is 0 Å². The Labute approximate surface area is 166 Å². The molecule has 0 aliphatic carbocycles. The van der Waals surface area contributed by atoms with Gasteiger partial charge in [-0.2, -0.15) is 0 Å². The summed E-state index contributed by atoms with van der Waals surface area (Å²) in [7, 11) is 0. The highest BCUT2D eigenvalue weighted by Gasteiger charge is 2.00. The van der Waals surface area contributed by atoms with Gasteiger partial charge in [-0.25, -0.2) is 0 Å². The molecule has 0 saturated carbocycles. The van der Waals surface area contributed by atoms with E-state index in [4.69, 9.17) is 0 Å². The van der Waals surface area contributed by atoms with Crippen molar-refractivity contribution in [1.82, 2.24) is 0 Å². The highest BCUT2D eigenvalue weighted by molar-refractivity contribution is 5.00. The van der Waals surface area contributed by atoms with Crippen molar-refractivity contribution < 1.29 is 0 Å². The average Bonchev–Trinajstić information content (AvgIpc) is 2.66. The standard InChI is InChI=1S/C26H50/c1-4-7-10-12-14-15-16-17-18-20-22-25-26(23-9-6-3)24-21-19-13-11-8-5-2/h9,22-23,25-26H,4-8,10-21,24H2,1-3H3. The third-order valence-corrected chi connectivity index (χ3v) is 5.37. The molecule has 0 N–H and O–H groups in total. The Hall–Kier alpha value is -0.520. The molecule has 0 aliphatic heterocycles. The van der Waals surface area contributed by atoms with E-state index >= 15 is 0 Å². The van der Waals surface area contributed by atoms with Crippen molar-refractivity contribution in [2.24, 2.45) is 5.92 Å². The van der Waals surface area contributed by atoms with Gasteiger partial charge in [0.1, 0.15) is 0 Å². The summed E-state index contributed by atoms with van der Waals surface area (Å²) >= 11 is 0. The van der Waals surface area contributed by atoms with Gasteiger partial charge in [-0.15, -0.1) is 0 Å². The van der Waals surface area contributed by atoms with Crippen molar-refractivity contribution in [3.8, 4) is 0 Å². The van der Waals surface area contributed by atoms with Crippen LogP contribution in [0.4, 0.5) is 0 Å². The van der Waals surface area contributed by atoms with E-state index in [-0.39, 0.29) is 0 Å². The largest absolute Gasteiger partial charge is 0.0882 e. The number of hydrogen-bond acceptors (Lipinski definition) is 0. The molecule has 0 spiro atoms. The van der Waals surface area contributed by atoms with E-state index in [1.54, 1.807) is 0 Å². The van der Waals surface area contributed by atoms with E-state index in [0.717, 1.165) is 0 Å². The Balaban J connectivity index is 3.68. The molecule has 154 valence electrons. The van der Waals surface area contributed by atoms with Crippen molar-refractivity contribution in [2.75, 3.05) is 0 Å². The molecule has 0 aromatic carbocycles. The van der Waals surface area contributed by atoms with E-state index in [0.29, 0.717) is 5.92 Å². The van der Waals surface area contributed by atoms with Crippen LogP contribution in [0, 0.1) is 5.92 Å². The molecule has 0 amide bonds. The van der Waals surface area contributed by atoms with Gasteiger partial charge < -0.3 is 0 Å². The van der Waals surface area contributed by atoms with Gasteiger partial charge in [-0.1, -0.05) is 135 Å². The van der Waals surface area contributed by atoms with Crippen molar-refractivity contribution in [3.05, 3.63) is 24.3 Å². The zero-order valence-electron chi connectivity index (χ0n) is 18.6. The van der Waals surface area contributed by atoms with Crippen molar-refractivity contribution >= 4 is 0 Å². The minimum absolute atomic E-state index is 0.680. The maximum Gasteiger partial charge on any atom is -0.00535 e. The fourth-order valence-electron chi connectivity index (χ4n) is 3.57. The molecular formula is C26H50. The van der Waals surface area contributed by atoms with Crippen molar-refractivity contribution in [2.45, 2.75) is 136 Å². The van der Waals surface area contributed by atoms with Gasteiger partial charge in [0.25, 0.3) is 0 Å². The third kappa shape index (κ3) is 19.8. The molecule has 0 heteroatoms. The molecule has 1 atom stereocenters. The molecule has 0 rings (SSSR count). The zero-order chi connectivity index (χ0) is 19.1. The lowest BCUT2D eigenvalue weighted by Crippen LogP contribution is -1.93. The topological polar surface area (TPSA) is 0 Å². The Kier molecular flexibility index (Phi) is 22.1. The molecule has 0 radical (unpaired) electrons. The van der Waals surface area contributed by atoms with Crippen LogP contribution < -0.4 is 0 Å². The van der Waals surface area contributed by atoms with Crippen LogP contribution in [0.25, 0.3) is 0 Å². The summed E-state index contributed by atoms with van der Waals surface area (Å²) in [6, 6.07) is 0. The van der Waals surface area contributed by atoms with Crippen LogP contribution in [0.15, 0.2) is 24.3 Å². The summed E-state index contributed by atoms with van der Waals surface area (Å²) in [5.41, 5.74) is 0. The fourth-order valence-corrected chi connectivity index (χ4v) is 3.57. The van der Waals surface area contributed by atoms with Crippen molar-refractivity contribution in [1.29, 1.82) is 0 Å². The van der Waals surface area contributed by atoms with E-state index in [1.165, 1.54) is 116 Å². The molecule has 0 aromatic heterocycles. The quantitative estimate of drug-likeness (QED) is 0.149. The molecule has 0 heterocycles. The first kappa shape index (κ1) is 25.5. The van der Waals surface area contributed by atoms with E-state index in [2.05, 4.69) is 45.1 Å². The second-order valence-electron chi connectivity index (χ2n) is 8.10. The minimum Gasteiger partial charge on any atom is -0.0882 e. The molecule has 0 nitrogen and oxygen atoms in total. The summed E-state index contributed by atoms with van der Waals surface area (Å²) in [6.45, 7) is 6.83. The van der Waals surface area contributed by atoms with Crippen LogP contribution in [-0.4, -0.2) is 0 Å². The fraction of sp³-hybridized carbons (Fsp3) is 0.846. The smallest absolute Gasteiger partial charge is 0.00535 e. The molecule has 0 fully saturated rings. The molecule has 0 saturated heterocycles. The second kappa shape index (κ2) is 22.5. The minimum atomic E-state index is 0.680. The second-order valence-corrected chi connectivity index (χ2v) is 8.10. The molecule has 1 unspecified atom stereocenters. The maximum atomic E-state index is 2.49. The molecular weight excluding hydrogens is 312 g/mol. The van der Waals surface area contributed by atoms with E-state index < -0.39 is 0 Å². The van der Waals surface area contributed by atoms with Gasteiger partial charge in [-0.05, 0) is 31.6 Å². The van der Waals surface area contributed by atoms with E-state index in [9.17, 15) is 0 Å². The summed E-state index contributed by atoms with van der Waals surface area (Å²) in [5, 5.41) is 0. The summed E-state index contributed by atoms with van der Waals surface area (Å²) < 4.78 is 0. The monoisotopic (exact) mass is 362 g/mol. The first-order chi connectivity index (χ1) is 12.8. The molecule has 0 bridgehead atoms. The lowest BCUT2D eigenvalue weighted by atomic mass is 9.98. The predicted molar refractivity (Wildman–Crippen MR) is 122 cm³/mol. The normalized spacial score (nSPS) is 13.2.